The van der Waals surface area contributed by atoms with E-state index in [2.05, 4.69) is 36.5 Å². The van der Waals surface area contributed by atoms with E-state index in [1.165, 1.54) is 0 Å². The van der Waals surface area contributed by atoms with Gasteiger partial charge in [-0.2, -0.15) is 4.98 Å². The molecular formula is C19H19BrN4O. The maximum Gasteiger partial charge on any atom is 0.229 e. The summed E-state index contributed by atoms with van der Waals surface area (Å²) in [5, 5.41) is 6.53. The lowest BCUT2D eigenvalue weighted by atomic mass is 10.2. The van der Waals surface area contributed by atoms with Crippen LogP contribution in [-0.2, 0) is 0 Å². The molecule has 25 heavy (non-hydrogen) atoms. The molecule has 1 heterocycles. The fourth-order valence-corrected chi connectivity index (χ4v) is 2.84. The molecule has 0 saturated heterocycles. The predicted octanol–water partition coefficient (Wildman–Crippen LogP) is 5.43. The first-order chi connectivity index (χ1) is 12.2. The van der Waals surface area contributed by atoms with E-state index in [1.54, 1.807) is 6.20 Å². The smallest absolute Gasteiger partial charge is 0.229 e. The Labute approximate surface area is 155 Å². The summed E-state index contributed by atoms with van der Waals surface area (Å²) in [7, 11) is 0. The largest absolute Gasteiger partial charge is 0.492 e. The first kappa shape index (κ1) is 17.2. The molecule has 6 heteroatoms. The second kappa shape index (κ2) is 7.98. The lowest BCUT2D eigenvalue weighted by Gasteiger charge is -2.13. The highest BCUT2D eigenvalue weighted by Gasteiger charge is 2.06. The van der Waals surface area contributed by atoms with Gasteiger partial charge in [-0.3, -0.25) is 0 Å². The minimum atomic E-state index is 0.532. The SMILES string of the molecule is CCOc1ccccc1Nc1ccnc(Nc2ccc(Br)cc2C)n1. The summed E-state index contributed by atoms with van der Waals surface area (Å²) < 4.78 is 6.68. The number of halogens is 1. The summed E-state index contributed by atoms with van der Waals surface area (Å²) in [6.07, 6.45) is 1.72. The van der Waals surface area contributed by atoms with Crippen LogP contribution in [0.15, 0.2) is 59.2 Å². The highest BCUT2D eigenvalue weighted by Crippen LogP contribution is 2.27. The first-order valence-corrected chi connectivity index (χ1v) is 8.80. The second-order valence-corrected chi connectivity index (χ2v) is 6.32. The Bertz CT molecular complexity index is 870. The van der Waals surface area contributed by atoms with Crippen molar-refractivity contribution >= 4 is 39.1 Å². The normalized spacial score (nSPS) is 10.4. The summed E-state index contributed by atoms with van der Waals surface area (Å²) in [5.41, 5.74) is 2.95. The Kier molecular flexibility index (Phi) is 5.50. The summed E-state index contributed by atoms with van der Waals surface area (Å²) >= 11 is 3.47. The predicted molar refractivity (Wildman–Crippen MR) is 105 cm³/mol. The molecule has 0 unspecified atom stereocenters. The molecule has 0 radical (unpaired) electrons. The van der Waals surface area contributed by atoms with E-state index < -0.39 is 0 Å². The van der Waals surface area contributed by atoms with Gasteiger partial charge in [-0.1, -0.05) is 28.1 Å². The van der Waals surface area contributed by atoms with E-state index in [-0.39, 0.29) is 0 Å². The van der Waals surface area contributed by atoms with Crippen molar-refractivity contribution in [3.05, 3.63) is 64.8 Å². The third-order valence-electron chi connectivity index (χ3n) is 3.54. The van der Waals surface area contributed by atoms with Gasteiger partial charge in [0, 0.05) is 16.4 Å². The van der Waals surface area contributed by atoms with Gasteiger partial charge in [-0.15, -0.1) is 0 Å². The minimum Gasteiger partial charge on any atom is -0.492 e. The Morgan fingerprint density at radius 2 is 1.88 bits per heavy atom. The van der Waals surface area contributed by atoms with Gasteiger partial charge < -0.3 is 15.4 Å². The van der Waals surface area contributed by atoms with Crippen molar-refractivity contribution in [2.75, 3.05) is 17.2 Å². The van der Waals surface area contributed by atoms with Crippen molar-refractivity contribution < 1.29 is 4.74 Å². The standard InChI is InChI=1S/C19H19BrN4O/c1-3-25-17-7-5-4-6-16(17)22-18-10-11-21-19(24-18)23-15-9-8-14(20)12-13(15)2/h4-12H,3H2,1-2H3,(H2,21,22,23,24). The van der Waals surface area contributed by atoms with Crippen molar-refractivity contribution in [1.29, 1.82) is 0 Å². The number of nitrogens with one attached hydrogen (secondary N) is 2. The maximum atomic E-state index is 5.64. The molecule has 2 N–H and O–H groups in total. The highest BCUT2D eigenvalue weighted by molar-refractivity contribution is 9.10. The van der Waals surface area contributed by atoms with Gasteiger partial charge in [0.2, 0.25) is 5.95 Å². The van der Waals surface area contributed by atoms with Crippen LogP contribution >= 0.6 is 15.9 Å². The molecule has 0 fully saturated rings. The molecule has 0 atom stereocenters. The van der Waals surface area contributed by atoms with Gasteiger partial charge >= 0.3 is 0 Å². The van der Waals surface area contributed by atoms with Gasteiger partial charge in [0.1, 0.15) is 11.6 Å². The fraction of sp³-hybridized carbons (Fsp3) is 0.158. The summed E-state index contributed by atoms with van der Waals surface area (Å²) in [4.78, 5) is 8.82. The quantitative estimate of drug-likeness (QED) is 0.579. The Morgan fingerprint density at radius 3 is 2.68 bits per heavy atom. The molecule has 3 rings (SSSR count). The highest BCUT2D eigenvalue weighted by atomic mass is 79.9. The van der Waals surface area contributed by atoms with Crippen molar-refractivity contribution in [1.82, 2.24) is 9.97 Å². The van der Waals surface area contributed by atoms with Crippen LogP contribution in [0, 0.1) is 6.92 Å². The molecule has 0 amide bonds. The Morgan fingerprint density at radius 1 is 1.04 bits per heavy atom. The zero-order valence-electron chi connectivity index (χ0n) is 14.1. The van der Waals surface area contributed by atoms with E-state index in [1.807, 2.05) is 62.4 Å². The molecule has 0 aliphatic rings. The Hall–Kier alpha value is -2.60. The number of nitrogens with zero attached hydrogens (tertiary/aromatic N) is 2. The van der Waals surface area contributed by atoms with Crippen LogP contribution in [0.4, 0.5) is 23.1 Å². The topological polar surface area (TPSA) is 59.1 Å². The molecule has 0 aliphatic carbocycles. The number of rotatable bonds is 6. The number of hydrogen-bond donors (Lipinski definition) is 2. The minimum absolute atomic E-state index is 0.532. The molecular weight excluding hydrogens is 380 g/mol. The third-order valence-corrected chi connectivity index (χ3v) is 4.03. The number of aromatic nitrogens is 2. The van der Waals surface area contributed by atoms with E-state index in [0.717, 1.165) is 27.2 Å². The third kappa shape index (κ3) is 4.48. The van der Waals surface area contributed by atoms with E-state index >= 15 is 0 Å². The van der Waals surface area contributed by atoms with Crippen molar-refractivity contribution in [2.45, 2.75) is 13.8 Å². The van der Waals surface area contributed by atoms with Crippen LogP contribution in [0.1, 0.15) is 12.5 Å². The molecule has 1 aromatic heterocycles. The van der Waals surface area contributed by atoms with Gasteiger partial charge in [0.05, 0.1) is 12.3 Å². The van der Waals surface area contributed by atoms with Crippen LogP contribution in [0.3, 0.4) is 0 Å². The molecule has 128 valence electrons. The molecule has 0 bridgehead atoms. The average Bonchev–Trinajstić information content (AvgIpc) is 2.60. The van der Waals surface area contributed by atoms with Crippen LogP contribution in [0.25, 0.3) is 0 Å². The summed E-state index contributed by atoms with van der Waals surface area (Å²) in [5.74, 6) is 2.02. The van der Waals surface area contributed by atoms with Crippen LogP contribution in [0.5, 0.6) is 5.75 Å². The van der Waals surface area contributed by atoms with Crippen LogP contribution in [-0.4, -0.2) is 16.6 Å². The molecule has 3 aromatic rings. The fourth-order valence-electron chi connectivity index (χ4n) is 2.37. The maximum absolute atomic E-state index is 5.64. The van der Waals surface area contributed by atoms with Crippen molar-refractivity contribution in [3.63, 3.8) is 0 Å². The van der Waals surface area contributed by atoms with Crippen LogP contribution < -0.4 is 15.4 Å². The van der Waals surface area contributed by atoms with Crippen molar-refractivity contribution in [3.8, 4) is 5.75 Å². The molecule has 2 aromatic carbocycles. The summed E-state index contributed by atoms with van der Waals surface area (Å²) in [6, 6.07) is 15.6. The molecule has 0 aliphatic heterocycles. The monoisotopic (exact) mass is 398 g/mol. The van der Waals surface area contributed by atoms with Gasteiger partial charge in [0.15, 0.2) is 0 Å². The lowest BCUT2D eigenvalue weighted by molar-refractivity contribution is 0.342. The Balaban J connectivity index is 1.80. The number of aryl methyl sites for hydroxylation is 1. The summed E-state index contributed by atoms with van der Waals surface area (Å²) in [6.45, 7) is 4.61. The number of para-hydroxylation sites is 2. The number of hydrogen-bond acceptors (Lipinski definition) is 5. The number of ether oxygens (including phenoxy) is 1. The number of anilines is 4. The molecule has 0 saturated carbocycles. The van der Waals surface area contributed by atoms with Crippen LogP contribution in [0.2, 0.25) is 0 Å². The first-order valence-electron chi connectivity index (χ1n) is 8.01. The molecule has 0 spiro atoms. The lowest BCUT2D eigenvalue weighted by Crippen LogP contribution is -2.02. The van der Waals surface area contributed by atoms with Gasteiger partial charge in [0.25, 0.3) is 0 Å². The average molecular weight is 399 g/mol. The van der Waals surface area contributed by atoms with E-state index in [4.69, 9.17) is 4.74 Å². The zero-order chi connectivity index (χ0) is 17.6. The zero-order valence-corrected chi connectivity index (χ0v) is 15.7. The van der Waals surface area contributed by atoms with E-state index in [9.17, 15) is 0 Å². The van der Waals surface area contributed by atoms with Crippen molar-refractivity contribution in [2.24, 2.45) is 0 Å². The second-order valence-electron chi connectivity index (χ2n) is 5.40. The van der Waals surface area contributed by atoms with Gasteiger partial charge in [-0.25, -0.2) is 4.98 Å². The number of benzene rings is 2. The van der Waals surface area contributed by atoms with E-state index in [0.29, 0.717) is 18.4 Å². The van der Waals surface area contributed by atoms with Gasteiger partial charge in [-0.05, 0) is 55.8 Å². The molecule has 5 nitrogen and oxygen atoms in total.